The van der Waals surface area contributed by atoms with Gasteiger partial charge in [-0.1, -0.05) is 48.6 Å². The van der Waals surface area contributed by atoms with Crippen LogP contribution in [0, 0.1) is 0 Å². The first-order valence-electron chi connectivity index (χ1n) is 6.76. The van der Waals surface area contributed by atoms with E-state index in [1.165, 1.54) is 20.9 Å². The van der Waals surface area contributed by atoms with E-state index in [0.29, 0.717) is 0 Å². The van der Waals surface area contributed by atoms with Gasteiger partial charge < -0.3 is 0 Å². The van der Waals surface area contributed by atoms with E-state index in [1.807, 2.05) is 23.5 Å². The Morgan fingerprint density at radius 2 is 1.65 bits per heavy atom. The SMILES string of the molecule is CSc1ccc(CC/C=C/c2ccccc2)cc1SC. The highest BCUT2D eigenvalue weighted by atomic mass is 32.2. The average Bonchev–Trinajstić information content (AvgIpc) is 2.52. The molecular formula is C18H20S2. The van der Waals surface area contributed by atoms with Crippen LogP contribution in [0.5, 0.6) is 0 Å². The zero-order chi connectivity index (χ0) is 14.2. The Labute approximate surface area is 130 Å². The van der Waals surface area contributed by atoms with E-state index in [1.54, 1.807) is 0 Å². The Balaban J connectivity index is 1.93. The summed E-state index contributed by atoms with van der Waals surface area (Å²) in [7, 11) is 0. The van der Waals surface area contributed by atoms with Gasteiger partial charge in [0.25, 0.3) is 0 Å². The fourth-order valence-corrected chi connectivity index (χ4v) is 3.57. The predicted octanol–water partition coefficient (Wildman–Crippen LogP) is 5.78. The zero-order valence-electron chi connectivity index (χ0n) is 12.0. The Morgan fingerprint density at radius 1 is 0.900 bits per heavy atom. The van der Waals surface area contributed by atoms with Crippen molar-refractivity contribution in [3.05, 3.63) is 65.7 Å². The van der Waals surface area contributed by atoms with Crippen LogP contribution in [0.2, 0.25) is 0 Å². The Bertz CT molecular complexity index is 559. The van der Waals surface area contributed by atoms with Gasteiger partial charge in [-0.3, -0.25) is 0 Å². The van der Waals surface area contributed by atoms with E-state index in [4.69, 9.17) is 0 Å². The third-order valence-electron chi connectivity index (χ3n) is 3.16. The minimum Gasteiger partial charge on any atom is -0.128 e. The van der Waals surface area contributed by atoms with E-state index in [9.17, 15) is 0 Å². The normalized spacial score (nSPS) is 11.1. The van der Waals surface area contributed by atoms with Crippen molar-refractivity contribution >= 4 is 29.6 Å². The van der Waals surface area contributed by atoms with Crippen molar-refractivity contribution in [2.75, 3.05) is 12.5 Å². The molecule has 0 nitrogen and oxygen atoms in total. The van der Waals surface area contributed by atoms with E-state index < -0.39 is 0 Å². The van der Waals surface area contributed by atoms with Crippen LogP contribution in [-0.2, 0) is 6.42 Å². The number of hydrogen-bond acceptors (Lipinski definition) is 2. The minimum atomic E-state index is 1.08. The van der Waals surface area contributed by atoms with Crippen molar-refractivity contribution in [3.63, 3.8) is 0 Å². The molecule has 0 aliphatic heterocycles. The number of benzene rings is 2. The molecule has 0 radical (unpaired) electrons. The molecule has 0 N–H and O–H groups in total. The highest BCUT2D eigenvalue weighted by molar-refractivity contribution is 8.01. The van der Waals surface area contributed by atoms with Crippen molar-refractivity contribution in [2.45, 2.75) is 22.6 Å². The molecule has 0 saturated carbocycles. The van der Waals surface area contributed by atoms with Gasteiger partial charge in [0, 0.05) is 9.79 Å². The van der Waals surface area contributed by atoms with Crippen molar-refractivity contribution in [1.29, 1.82) is 0 Å². The molecule has 2 aromatic carbocycles. The maximum Gasteiger partial charge on any atom is 0.0208 e. The summed E-state index contributed by atoms with van der Waals surface area (Å²) in [6.07, 6.45) is 10.9. The topological polar surface area (TPSA) is 0 Å². The molecule has 104 valence electrons. The van der Waals surface area contributed by atoms with Gasteiger partial charge in [-0.05, 0) is 48.6 Å². The van der Waals surface area contributed by atoms with Gasteiger partial charge in [0.05, 0.1) is 0 Å². The minimum absolute atomic E-state index is 1.08. The second-order valence-electron chi connectivity index (χ2n) is 4.54. The standard InChI is InChI=1S/C18H20S2/c1-19-17-13-12-16(14-18(17)20-2)11-7-6-10-15-8-4-3-5-9-15/h3-6,8-10,12-14H,7,11H2,1-2H3/b10-6+. The molecule has 0 saturated heterocycles. The molecule has 0 amide bonds. The number of hydrogen-bond donors (Lipinski definition) is 0. The molecule has 20 heavy (non-hydrogen) atoms. The summed E-state index contributed by atoms with van der Waals surface area (Å²) >= 11 is 3.65. The van der Waals surface area contributed by atoms with E-state index >= 15 is 0 Å². The molecule has 0 heterocycles. The summed E-state index contributed by atoms with van der Waals surface area (Å²) in [4.78, 5) is 2.77. The third kappa shape index (κ3) is 4.46. The van der Waals surface area contributed by atoms with E-state index in [2.05, 4.69) is 73.2 Å². The largest absolute Gasteiger partial charge is 0.128 e. The highest BCUT2D eigenvalue weighted by Gasteiger charge is 2.01. The molecule has 0 aliphatic rings. The summed E-state index contributed by atoms with van der Waals surface area (Å²) in [6, 6.07) is 17.3. The van der Waals surface area contributed by atoms with Crippen LogP contribution in [0.25, 0.3) is 6.08 Å². The van der Waals surface area contributed by atoms with Crippen LogP contribution in [0.4, 0.5) is 0 Å². The Kier molecular flexibility index (Phi) is 6.28. The molecular weight excluding hydrogens is 280 g/mol. The quantitative estimate of drug-likeness (QED) is 0.620. The van der Waals surface area contributed by atoms with Gasteiger partial charge in [-0.2, -0.15) is 0 Å². The van der Waals surface area contributed by atoms with Crippen LogP contribution < -0.4 is 0 Å². The van der Waals surface area contributed by atoms with Crippen LogP contribution >= 0.6 is 23.5 Å². The van der Waals surface area contributed by atoms with Crippen molar-refractivity contribution in [1.82, 2.24) is 0 Å². The summed E-state index contributed by atoms with van der Waals surface area (Å²) < 4.78 is 0. The molecule has 0 unspecified atom stereocenters. The first kappa shape index (κ1) is 15.3. The molecule has 0 spiro atoms. The molecule has 2 aromatic rings. The molecule has 0 atom stereocenters. The number of thioether (sulfide) groups is 2. The maximum atomic E-state index is 2.33. The second kappa shape index (κ2) is 8.23. The van der Waals surface area contributed by atoms with E-state index in [0.717, 1.165) is 12.8 Å². The lowest BCUT2D eigenvalue weighted by atomic mass is 10.1. The van der Waals surface area contributed by atoms with Crippen LogP contribution in [-0.4, -0.2) is 12.5 Å². The Morgan fingerprint density at radius 3 is 2.35 bits per heavy atom. The predicted molar refractivity (Wildman–Crippen MR) is 93.8 cm³/mol. The summed E-state index contributed by atoms with van der Waals surface area (Å²) in [5, 5.41) is 0. The molecule has 0 bridgehead atoms. The van der Waals surface area contributed by atoms with Gasteiger partial charge in [-0.15, -0.1) is 23.5 Å². The number of rotatable bonds is 6. The van der Waals surface area contributed by atoms with Crippen molar-refractivity contribution in [2.24, 2.45) is 0 Å². The molecule has 2 heteroatoms. The summed E-state index contributed by atoms with van der Waals surface area (Å²) in [5.74, 6) is 0. The van der Waals surface area contributed by atoms with E-state index in [-0.39, 0.29) is 0 Å². The van der Waals surface area contributed by atoms with Crippen molar-refractivity contribution in [3.8, 4) is 0 Å². The fraction of sp³-hybridized carbons (Fsp3) is 0.222. The van der Waals surface area contributed by atoms with Crippen molar-refractivity contribution < 1.29 is 0 Å². The van der Waals surface area contributed by atoms with Crippen LogP contribution in [0.15, 0.2) is 64.4 Å². The van der Waals surface area contributed by atoms with Gasteiger partial charge in [0.2, 0.25) is 0 Å². The zero-order valence-corrected chi connectivity index (χ0v) is 13.6. The number of allylic oxidation sites excluding steroid dienone is 1. The molecule has 2 rings (SSSR count). The van der Waals surface area contributed by atoms with Gasteiger partial charge in [0.15, 0.2) is 0 Å². The molecule has 0 fully saturated rings. The molecule has 0 aliphatic carbocycles. The first-order chi connectivity index (χ1) is 9.83. The van der Waals surface area contributed by atoms with Crippen LogP contribution in [0.3, 0.4) is 0 Å². The average molecular weight is 300 g/mol. The molecule has 0 aromatic heterocycles. The lowest BCUT2D eigenvalue weighted by Crippen LogP contribution is -1.86. The smallest absolute Gasteiger partial charge is 0.0208 e. The number of aryl methyl sites for hydroxylation is 1. The highest BCUT2D eigenvalue weighted by Crippen LogP contribution is 2.29. The first-order valence-corrected chi connectivity index (χ1v) is 9.21. The Hall–Kier alpha value is -1.12. The summed E-state index contributed by atoms with van der Waals surface area (Å²) in [6.45, 7) is 0. The monoisotopic (exact) mass is 300 g/mol. The summed E-state index contributed by atoms with van der Waals surface area (Å²) in [5.41, 5.74) is 2.69. The van der Waals surface area contributed by atoms with Gasteiger partial charge >= 0.3 is 0 Å². The maximum absolute atomic E-state index is 2.33. The lowest BCUT2D eigenvalue weighted by molar-refractivity contribution is 0.989. The lowest BCUT2D eigenvalue weighted by Gasteiger charge is -2.07. The second-order valence-corrected chi connectivity index (χ2v) is 6.24. The van der Waals surface area contributed by atoms with Gasteiger partial charge in [0.1, 0.15) is 0 Å². The third-order valence-corrected chi connectivity index (χ3v) is 4.86. The van der Waals surface area contributed by atoms with Crippen LogP contribution in [0.1, 0.15) is 17.5 Å². The van der Waals surface area contributed by atoms with Gasteiger partial charge in [-0.25, -0.2) is 0 Å². The fourth-order valence-electron chi connectivity index (χ4n) is 2.07.